The molecule has 55 heavy (non-hydrogen) atoms. The van der Waals surface area contributed by atoms with Crippen molar-refractivity contribution in [3.63, 3.8) is 0 Å². The van der Waals surface area contributed by atoms with Gasteiger partial charge in [0.2, 0.25) is 0 Å². The van der Waals surface area contributed by atoms with Gasteiger partial charge in [0.05, 0.1) is 56.0 Å². The van der Waals surface area contributed by atoms with Crippen molar-refractivity contribution >= 4 is 65.4 Å². The molecule has 0 radical (unpaired) electrons. The molecule has 8 aromatic carbocycles. The van der Waals surface area contributed by atoms with E-state index in [0.717, 1.165) is 82.8 Å². The minimum Gasteiger partial charge on any atom is -0.309 e. The van der Waals surface area contributed by atoms with Gasteiger partial charge >= 0.3 is 0 Å². The molecule has 0 saturated heterocycles. The third kappa shape index (κ3) is 4.45. The fraction of sp³-hybridized carbons (Fsp3) is 0. The Morgan fingerprint density at radius 2 is 0.836 bits per heavy atom. The Balaban J connectivity index is 1.09. The van der Waals surface area contributed by atoms with E-state index in [1.54, 1.807) is 0 Å². The normalized spacial score (nSPS) is 11.6. The topological polar surface area (TPSA) is 62.4 Å². The van der Waals surface area contributed by atoms with Crippen LogP contribution in [-0.2, 0) is 0 Å². The number of hydrogen-bond acceptors (Lipinski definition) is 2. The van der Waals surface area contributed by atoms with E-state index in [-0.39, 0.29) is 0 Å². The minimum absolute atomic E-state index is 0.586. The van der Waals surface area contributed by atoms with Crippen LogP contribution in [0.1, 0.15) is 11.1 Å². The standard InChI is InChI=1S/C50H29N5/c51-30-34-12-10-22-48-50(34)42-17-4-8-21-47(42)54(48)36-13-9-11-32(28-36)33-23-26-43(35(27-33)31-52)55-46-20-7-3-16-40(46)41-25-24-37(29-49(41)55)53-44-18-5-1-14-38(44)39-15-2-6-19-45(39)53/h1-29H. The number of rotatable bonds is 4. The van der Waals surface area contributed by atoms with Gasteiger partial charge in [-0.15, -0.1) is 0 Å². The van der Waals surface area contributed by atoms with Gasteiger partial charge < -0.3 is 13.7 Å². The Morgan fingerprint density at radius 1 is 0.327 bits per heavy atom. The van der Waals surface area contributed by atoms with Crippen molar-refractivity contribution in [1.82, 2.24) is 13.7 Å². The number of fused-ring (bicyclic) bond motifs is 9. The molecule has 254 valence electrons. The molecule has 5 nitrogen and oxygen atoms in total. The molecule has 5 heteroatoms. The lowest BCUT2D eigenvalue weighted by Crippen LogP contribution is -2.00. The van der Waals surface area contributed by atoms with Gasteiger partial charge in [0.15, 0.2) is 0 Å². The maximum absolute atomic E-state index is 10.8. The first-order chi connectivity index (χ1) is 27.2. The first kappa shape index (κ1) is 30.7. The molecule has 0 spiro atoms. The van der Waals surface area contributed by atoms with Crippen LogP contribution < -0.4 is 0 Å². The average molecular weight is 700 g/mol. The molecule has 3 heterocycles. The predicted octanol–water partition coefficient (Wildman–Crippen LogP) is 12.4. The van der Waals surface area contributed by atoms with Crippen LogP contribution in [-0.4, -0.2) is 13.7 Å². The van der Waals surface area contributed by atoms with E-state index in [4.69, 9.17) is 0 Å². The van der Waals surface area contributed by atoms with E-state index in [0.29, 0.717) is 11.1 Å². The SMILES string of the molecule is N#Cc1cc(-c2cccc(-n3c4ccccc4c4c(C#N)cccc43)c2)ccc1-n1c2ccccc2c2ccc(-n3c4ccccc4c4ccccc43)cc21. The third-order valence-corrected chi connectivity index (χ3v) is 11.1. The largest absolute Gasteiger partial charge is 0.309 e. The second-order valence-electron chi connectivity index (χ2n) is 14.0. The van der Waals surface area contributed by atoms with Gasteiger partial charge in [0, 0.05) is 43.7 Å². The summed E-state index contributed by atoms with van der Waals surface area (Å²) >= 11 is 0. The number of benzene rings is 8. The van der Waals surface area contributed by atoms with Crippen molar-refractivity contribution in [2.75, 3.05) is 0 Å². The molecule has 0 bridgehead atoms. The van der Waals surface area contributed by atoms with Crippen molar-refractivity contribution in [1.29, 1.82) is 10.5 Å². The number of para-hydroxylation sites is 4. The molecule has 11 aromatic rings. The van der Waals surface area contributed by atoms with Crippen molar-refractivity contribution < 1.29 is 0 Å². The van der Waals surface area contributed by atoms with Gasteiger partial charge in [-0.2, -0.15) is 10.5 Å². The van der Waals surface area contributed by atoms with E-state index < -0.39 is 0 Å². The lowest BCUT2D eigenvalue weighted by atomic mass is 10.0. The molecule has 0 N–H and O–H groups in total. The van der Waals surface area contributed by atoms with Gasteiger partial charge in [-0.1, -0.05) is 103 Å². The molecule has 0 aliphatic carbocycles. The second-order valence-corrected chi connectivity index (χ2v) is 14.0. The third-order valence-electron chi connectivity index (χ3n) is 11.1. The van der Waals surface area contributed by atoms with Crippen LogP contribution in [0, 0.1) is 22.7 Å². The van der Waals surface area contributed by atoms with Crippen molar-refractivity contribution in [2.24, 2.45) is 0 Å². The molecule has 0 aliphatic rings. The molecule has 0 unspecified atom stereocenters. The Bertz CT molecular complexity index is 3420. The van der Waals surface area contributed by atoms with Crippen molar-refractivity contribution in [3.8, 4) is 40.3 Å². The summed E-state index contributed by atoms with van der Waals surface area (Å²) in [6.07, 6.45) is 0. The fourth-order valence-electron chi connectivity index (χ4n) is 8.77. The zero-order valence-corrected chi connectivity index (χ0v) is 29.5. The summed E-state index contributed by atoms with van der Waals surface area (Å²) < 4.78 is 6.80. The number of nitrogens with zero attached hydrogens (tertiary/aromatic N) is 5. The van der Waals surface area contributed by atoms with Gasteiger partial charge in [0.1, 0.15) is 6.07 Å². The summed E-state index contributed by atoms with van der Waals surface area (Å²) in [5.74, 6) is 0. The Kier molecular flexibility index (Phi) is 6.61. The highest BCUT2D eigenvalue weighted by molar-refractivity contribution is 6.13. The van der Waals surface area contributed by atoms with Crippen LogP contribution in [0.15, 0.2) is 176 Å². The maximum atomic E-state index is 10.8. The molecule has 0 aliphatic heterocycles. The van der Waals surface area contributed by atoms with Crippen LogP contribution in [0.2, 0.25) is 0 Å². The lowest BCUT2D eigenvalue weighted by molar-refractivity contribution is 1.15. The highest BCUT2D eigenvalue weighted by Gasteiger charge is 2.19. The van der Waals surface area contributed by atoms with Gasteiger partial charge in [-0.05, 0) is 83.9 Å². The van der Waals surface area contributed by atoms with Gasteiger partial charge in [0.25, 0.3) is 0 Å². The highest BCUT2D eigenvalue weighted by Crippen LogP contribution is 2.39. The average Bonchev–Trinajstić information content (AvgIpc) is 3.89. The number of nitriles is 2. The van der Waals surface area contributed by atoms with Crippen LogP contribution in [0.25, 0.3) is 93.6 Å². The van der Waals surface area contributed by atoms with Gasteiger partial charge in [-0.25, -0.2) is 0 Å². The van der Waals surface area contributed by atoms with E-state index in [1.807, 2.05) is 30.3 Å². The van der Waals surface area contributed by atoms with E-state index in [9.17, 15) is 10.5 Å². The summed E-state index contributed by atoms with van der Waals surface area (Å²) in [7, 11) is 0. The summed E-state index contributed by atoms with van der Waals surface area (Å²) in [5.41, 5.74) is 12.5. The fourth-order valence-corrected chi connectivity index (χ4v) is 8.77. The molecule has 3 aromatic heterocycles. The Labute approximate surface area is 316 Å². The number of hydrogen-bond donors (Lipinski definition) is 0. The molecule has 0 amide bonds. The van der Waals surface area contributed by atoms with E-state index in [1.165, 1.54) is 10.8 Å². The first-order valence-electron chi connectivity index (χ1n) is 18.3. The highest BCUT2D eigenvalue weighted by atomic mass is 15.0. The predicted molar refractivity (Wildman–Crippen MR) is 224 cm³/mol. The summed E-state index contributed by atoms with van der Waals surface area (Å²) in [6, 6.07) is 65.9. The maximum Gasteiger partial charge on any atom is 0.101 e. The Morgan fingerprint density at radius 3 is 1.51 bits per heavy atom. The van der Waals surface area contributed by atoms with Crippen molar-refractivity contribution in [2.45, 2.75) is 0 Å². The summed E-state index contributed by atoms with van der Waals surface area (Å²) in [4.78, 5) is 0. The first-order valence-corrected chi connectivity index (χ1v) is 18.3. The second kappa shape index (κ2) is 11.8. The summed E-state index contributed by atoms with van der Waals surface area (Å²) in [6.45, 7) is 0. The Hall–Kier alpha value is -7.86. The smallest absolute Gasteiger partial charge is 0.101 e. The van der Waals surface area contributed by atoms with E-state index in [2.05, 4.69) is 171 Å². The quantitative estimate of drug-likeness (QED) is 0.184. The van der Waals surface area contributed by atoms with Crippen molar-refractivity contribution in [3.05, 3.63) is 187 Å². The molecule has 0 fully saturated rings. The van der Waals surface area contributed by atoms with Crippen LogP contribution in [0.4, 0.5) is 0 Å². The van der Waals surface area contributed by atoms with Gasteiger partial charge in [-0.3, -0.25) is 0 Å². The zero-order chi connectivity index (χ0) is 36.6. The molecule has 0 saturated carbocycles. The minimum atomic E-state index is 0.586. The molecule has 0 atom stereocenters. The van der Waals surface area contributed by atoms with Crippen LogP contribution in [0.3, 0.4) is 0 Å². The zero-order valence-electron chi connectivity index (χ0n) is 29.5. The molecular formula is C50H29N5. The molecular weight excluding hydrogens is 671 g/mol. The van der Waals surface area contributed by atoms with Crippen LogP contribution in [0.5, 0.6) is 0 Å². The molecule has 11 rings (SSSR count). The lowest BCUT2D eigenvalue weighted by Gasteiger charge is -2.14. The number of aromatic nitrogens is 3. The van der Waals surface area contributed by atoms with E-state index >= 15 is 0 Å². The summed E-state index contributed by atoms with van der Waals surface area (Å²) in [5, 5.41) is 27.4. The van der Waals surface area contributed by atoms with Crippen LogP contribution >= 0.6 is 0 Å². The monoisotopic (exact) mass is 699 g/mol.